The van der Waals surface area contributed by atoms with E-state index in [1.54, 1.807) is 0 Å². The molecule has 0 aliphatic carbocycles. The van der Waals surface area contributed by atoms with Crippen molar-refractivity contribution in [1.82, 2.24) is 24.1 Å². The average Bonchev–Trinajstić information content (AvgIpc) is 4.27. The van der Waals surface area contributed by atoms with Crippen LogP contribution in [0, 0.1) is 0 Å². The molecule has 7 nitrogen and oxygen atoms in total. The van der Waals surface area contributed by atoms with Crippen molar-refractivity contribution in [2.24, 2.45) is 0 Å². The summed E-state index contributed by atoms with van der Waals surface area (Å²) in [5.74, 6) is 1.56. The standard InChI is InChI=1S/C69H41N5O2/c1-4-15-42(16-5-1)44-29-34-59-56(38-44)51-32-27-47(40-61(51)73(59)49-19-8-3-9-20-49)46-31-36-63-57(39-46)66-54(23-14-26-64(66)75-63)68-70-67(48-28-33-53-52-22-11-13-25-62(52)76-65(53)41-48)71-69(72-68)74-58-24-12-10-21-50(58)55-37-45(30-35-60(55)74)43-17-6-2-7-18-43/h1-41H. The molecular weight excluding hydrogens is 931 g/mol. The van der Waals surface area contributed by atoms with Gasteiger partial charge in [0, 0.05) is 59.9 Å². The topological polar surface area (TPSA) is 74.8 Å². The minimum Gasteiger partial charge on any atom is -0.456 e. The lowest BCUT2D eigenvalue weighted by molar-refractivity contribution is 0.668. The molecule has 7 heteroatoms. The SMILES string of the molecule is c1ccc(-c2ccc3c(c2)c2ccc(-c4ccc5oc6cccc(-c7nc(-c8ccc9c(c8)oc8ccccc89)nc(-n8c9ccccc9c9cc(-c%10ccccc%10)ccc98)n7)c6c5c4)cc2n3-c2ccccc2)cc1. The van der Waals surface area contributed by atoms with Crippen LogP contribution in [-0.2, 0) is 0 Å². The van der Waals surface area contributed by atoms with Gasteiger partial charge in [-0.1, -0.05) is 164 Å². The summed E-state index contributed by atoms with van der Waals surface area (Å²) in [4.78, 5) is 16.2. The smallest absolute Gasteiger partial charge is 0.238 e. The van der Waals surface area contributed by atoms with Crippen LogP contribution in [0.2, 0.25) is 0 Å². The van der Waals surface area contributed by atoms with Crippen molar-refractivity contribution >= 4 is 87.5 Å². The molecule has 11 aromatic carbocycles. The predicted octanol–water partition coefficient (Wildman–Crippen LogP) is 18.2. The highest BCUT2D eigenvalue weighted by molar-refractivity contribution is 6.15. The second-order valence-electron chi connectivity index (χ2n) is 19.5. The fourth-order valence-electron chi connectivity index (χ4n) is 11.6. The third-order valence-corrected chi connectivity index (χ3v) is 15.2. The zero-order valence-electron chi connectivity index (χ0n) is 40.7. The van der Waals surface area contributed by atoms with Gasteiger partial charge in [-0.2, -0.15) is 9.97 Å². The van der Waals surface area contributed by atoms with Crippen LogP contribution in [0.3, 0.4) is 0 Å². The molecule has 0 aliphatic rings. The minimum absolute atomic E-state index is 0.506. The summed E-state index contributed by atoms with van der Waals surface area (Å²) < 4.78 is 17.7. The van der Waals surface area contributed by atoms with Gasteiger partial charge >= 0.3 is 0 Å². The lowest BCUT2D eigenvalue weighted by Crippen LogP contribution is -2.06. The number of aromatic nitrogens is 5. The number of rotatable bonds is 7. The third-order valence-electron chi connectivity index (χ3n) is 15.2. The Kier molecular flexibility index (Phi) is 9.20. The normalized spacial score (nSPS) is 11.9. The minimum atomic E-state index is 0.506. The van der Waals surface area contributed by atoms with E-state index in [2.05, 4.69) is 221 Å². The molecule has 0 radical (unpaired) electrons. The maximum atomic E-state index is 6.70. The molecule has 0 amide bonds. The number of hydrogen-bond donors (Lipinski definition) is 0. The fourth-order valence-corrected chi connectivity index (χ4v) is 11.6. The molecule has 0 N–H and O–H groups in total. The van der Waals surface area contributed by atoms with Gasteiger partial charge in [0.15, 0.2) is 11.6 Å². The molecule has 0 bridgehead atoms. The van der Waals surface area contributed by atoms with Crippen molar-refractivity contribution in [3.8, 4) is 67.8 Å². The van der Waals surface area contributed by atoms with E-state index in [1.165, 1.54) is 21.9 Å². The van der Waals surface area contributed by atoms with E-state index in [-0.39, 0.29) is 0 Å². The van der Waals surface area contributed by atoms with Crippen LogP contribution >= 0.6 is 0 Å². The first-order valence-electron chi connectivity index (χ1n) is 25.6. The Balaban J connectivity index is 0.897. The highest BCUT2D eigenvalue weighted by Crippen LogP contribution is 2.42. The van der Waals surface area contributed by atoms with Gasteiger partial charge in [-0.15, -0.1) is 0 Å². The van der Waals surface area contributed by atoms with Crippen molar-refractivity contribution in [2.75, 3.05) is 0 Å². The van der Waals surface area contributed by atoms with Crippen LogP contribution in [0.15, 0.2) is 258 Å². The molecule has 0 aliphatic heterocycles. The lowest BCUT2D eigenvalue weighted by atomic mass is 9.99. The molecule has 16 aromatic rings. The van der Waals surface area contributed by atoms with Crippen molar-refractivity contribution in [3.63, 3.8) is 0 Å². The number of benzene rings is 11. The maximum absolute atomic E-state index is 6.70. The summed E-state index contributed by atoms with van der Waals surface area (Å²) in [6.07, 6.45) is 0. The summed E-state index contributed by atoms with van der Waals surface area (Å²) in [7, 11) is 0. The molecule has 0 saturated carbocycles. The Morgan fingerprint density at radius 2 is 0.776 bits per heavy atom. The largest absolute Gasteiger partial charge is 0.456 e. The summed E-state index contributed by atoms with van der Waals surface area (Å²) in [6.45, 7) is 0. The third kappa shape index (κ3) is 6.59. The van der Waals surface area contributed by atoms with Gasteiger partial charge in [-0.25, -0.2) is 4.98 Å². The molecule has 5 aromatic heterocycles. The zero-order valence-corrected chi connectivity index (χ0v) is 40.7. The molecule has 0 saturated heterocycles. The molecule has 0 unspecified atom stereocenters. The van der Waals surface area contributed by atoms with Crippen molar-refractivity contribution in [3.05, 3.63) is 249 Å². The Bertz CT molecular complexity index is 4990. The van der Waals surface area contributed by atoms with Crippen LogP contribution in [0.1, 0.15) is 0 Å². The van der Waals surface area contributed by atoms with Crippen LogP contribution in [0.4, 0.5) is 0 Å². The van der Waals surface area contributed by atoms with Crippen LogP contribution in [0.25, 0.3) is 155 Å². The van der Waals surface area contributed by atoms with Gasteiger partial charge in [-0.05, 0) is 118 Å². The number of para-hydroxylation sites is 3. The van der Waals surface area contributed by atoms with E-state index in [0.717, 1.165) is 116 Å². The second kappa shape index (κ2) is 16.6. The summed E-state index contributed by atoms with van der Waals surface area (Å²) >= 11 is 0. The molecular formula is C69H41N5O2. The predicted molar refractivity (Wildman–Crippen MR) is 310 cm³/mol. The number of furan rings is 2. The van der Waals surface area contributed by atoms with Crippen LogP contribution in [-0.4, -0.2) is 24.1 Å². The quantitative estimate of drug-likeness (QED) is 0.159. The first-order chi connectivity index (χ1) is 37.6. The Labute approximate surface area is 434 Å². The molecule has 0 spiro atoms. The van der Waals surface area contributed by atoms with E-state index in [9.17, 15) is 0 Å². The highest BCUT2D eigenvalue weighted by atomic mass is 16.3. The lowest BCUT2D eigenvalue weighted by Gasteiger charge is -2.12. The monoisotopic (exact) mass is 971 g/mol. The molecule has 16 rings (SSSR count). The average molecular weight is 972 g/mol. The van der Waals surface area contributed by atoms with Crippen molar-refractivity contribution in [2.45, 2.75) is 0 Å². The van der Waals surface area contributed by atoms with Gasteiger partial charge in [-0.3, -0.25) is 4.57 Å². The van der Waals surface area contributed by atoms with Crippen LogP contribution in [0.5, 0.6) is 0 Å². The Hall–Kier alpha value is -10.4. The second-order valence-corrected chi connectivity index (χ2v) is 19.5. The van der Waals surface area contributed by atoms with E-state index in [0.29, 0.717) is 17.6 Å². The van der Waals surface area contributed by atoms with Gasteiger partial charge < -0.3 is 13.4 Å². The van der Waals surface area contributed by atoms with E-state index >= 15 is 0 Å². The van der Waals surface area contributed by atoms with Gasteiger partial charge in [0.25, 0.3) is 0 Å². The number of hydrogen-bond acceptors (Lipinski definition) is 5. The van der Waals surface area contributed by atoms with E-state index in [4.69, 9.17) is 23.8 Å². The van der Waals surface area contributed by atoms with Crippen LogP contribution < -0.4 is 0 Å². The molecule has 5 heterocycles. The zero-order chi connectivity index (χ0) is 49.8. The number of nitrogens with zero attached hydrogens (tertiary/aromatic N) is 5. The Morgan fingerprint density at radius 1 is 0.263 bits per heavy atom. The first kappa shape index (κ1) is 42.2. The van der Waals surface area contributed by atoms with Crippen molar-refractivity contribution in [1.29, 1.82) is 0 Å². The number of fused-ring (bicyclic) bond motifs is 12. The summed E-state index contributed by atoms with van der Waals surface area (Å²) in [6, 6.07) is 87.6. The maximum Gasteiger partial charge on any atom is 0.238 e. The fraction of sp³-hybridized carbons (Fsp3) is 0. The molecule has 354 valence electrons. The molecule has 76 heavy (non-hydrogen) atoms. The summed E-state index contributed by atoms with van der Waals surface area (Å²) in [5.41, 5.74) is 17.0. The molecule has 0 atom stereocenters. The van der Waals surface area contributed by atoms with Crippen molar-refractivity contribution < 1.29 is 8.83 Å². The highest BCUT2D eigenvalue weighted by Gasteiger charge is 2.23. The molecule has 0 fully saturated rings. The summed E-state index contributed by atoms with van der Waals surface area (Å²) in [5, 5.41) is 8.62. The van der Waals surface area contributed by atoms with Gasteiger partial charge in [0.05, 0.1) is 22.1 Å². The van der Waals surface area contributed by atoms with E-state index < -0.39 is 0 Å². The van der Waals surface area contributed by atoms with E-state index in [1.807, 2.05) is 36.4 Å². The van der Waals surface area contributed by atoms with Gasteiger partial charge in [0.1, 0.15) is 22.3 Å². The van der Waals surface area contributed by atoms with Gasteiger partial charge in [0.2, 0.25) is 5.95 Å². The Morgan fingerprint density at radius 3 is 1.55 bits per heavy atom. The first-order valence-corrected chi connectivity index (χ1v) is 25.6.